The molecule has 0 aromatic heterocycles. The Morgan fingerprint density at radius 3 is 2.15 bits per heavy atom. The van der Waals surface area contributed by atoms with E-state index in [-0.39, 0.29) is 0 Å². The predicted molar refractivity (Wildman–Crippen MR) is 53.6 cm³/mol. The van der Waals surface area contributed by atoms with E-state index in [1.807, 2.05) is 0 Å². The highest BCUT2D eigenvalue weighted by molar-refractivity contribution is 6.30. The molecule has 0 bridgehead atoms. The highest BCUT2D eigenvalue weighted by Crippen LogP contribution is 2.28. The van der Waals surface area contributed by atoms with Gasteiger partial charge in [-0.2, -0.15) is 0 Å². The van der Waals surface area contributed by atoms with Crippen LogP contribution in [-0.4, -0.2) is 5.54 Å². The van der Waals surface area contributed by atoms with Crippen molar-refractivity contribution < 1.29 is 4.39 Å². The maximum absolute atomic E-state index is 13.6. The second kappa shape index (κ2) is 3.64. The first-order chi connectivity index (χ1) is 5.91. The van der Waals surface area contributed by atoms with E-state index in [2.05, 4.69) is 0 Å². The third-order valence-electron chi connectivity index (χ3n) is 1.82. The number of hydrogen-bond donors (Lipinski definition) is 1. The fourth-order valence-electron chi connectivity index (χ4n) is 1.06. The lowest BCUT2D eigenvalue weighted by molar-refractivity contribution is 0.223. The molecule has 2 N–H and O–H groups in total. The molecule has 0 heterocycles. The molecule has 1 aromatic carbocycles. The summed E-state index contributed by atoms with van der Waals surface area (Å²) < 4.78 is 13.6. The zero-order valence-corrected chi connectivity index (χ0v) is 8.48. The molecule has 0 aliphatic rings. The SMILES string of the molecule is CC(C)(N)C(F)c1ccc(Cl)cc1. The maximum atomic E-state index is 13.6. The second-order valence-corrected chi connectivity index (χ2v) is 4.17. The molecule has 13 heavy (non-hydrogen) atoms. The number of halogens is 2. The molecule has 0 amide bonds. The average molecular weight is 202 g/mol. The Kier molecular flexibility index (Phi) is 2.94. The summed E-state index contributed by atoms with van der Waals surface area (Å²) in [6.45, 7) is 3.32. The van der Waals surface area contributed by atoms with Crippen LogP contribution in [0.4, 0.5) is 4.39 Å². The topological polar surface area (TPSA) is 26.0 Å². The largest absolute Gasteiger partial charge is 0.323 e. The Bertz CT molecular complexity index is 276. The number of hydrogen-bond acceptors (Lipinski definition) is 1. The van der Waals surface area contributed by atoms with E-state index in [9.17, 15) is 4.39 Å². The molecule has 1 rings (SSSR count). The Labute approximate surface area is 82.7 Å². The summed E-state index contributed by atoms with van der Waals surface area (Å²) in [5.74, 6) is 0. The molecule has 0 radical (unpaired) electrons. The minimum atomic E-state index is -1.16. The van der Waals surface area contributed by atoms with Crippen molar-refractivity contribution in [2.45, 2.75) is 25.6 Å². The van der Waals surface area contributed by atoms with Crippen molar-refractivity contribution >= 4 is 11.6 Å². The zero-order chi connectivity index (χ0) is 10.1. The molecule has 72 valence electrons. The van der Waals surface area contributed by atoms with E-state index in [4.69, 9.17) is 17.3 Å². The molecular weight excluding hydrogens is 189 g/mol. The van der Waals surface area contributed by atoms with Gasteiger partial charge in [-0.05, 0) is 31.5 Å². The van der Waals surface area contributed by atoms with Crippen molar-refractivity contribution in [2.24, 2.45) is 5.73 Å². The number of alkyl halides is 1. The third kappa shape index (κ3) is 2.68. The lowest BCUT2D eigenvalue weighted by atomic mass is 9.94. The van der Waals surface area contributed by atoms with E-state index in [1.54, 1.807) is 38.1 Å². The van der Waals surface area contributed by atoms with Crippen molar-refractivity contribution in [2.75, 3.05) is 0 Å². The fourth-order valence-corrected chi connectivity index (χ4v) is 1.19. The first kappa shape index (κ1) is 10.5. The van der Waals surface area contributed by atoms with Gasteiger partial charge >= 0.3 is 0 Å². The van der Waals surface area contributed by atoms with Crippen LogP contribution in [0.25, 0.3) is 0 Å². The fraction of sp³-hybridized carbons (Fsp3) is 0.400. The minimum Gasteiger partial charge on any atom is -0.323 e. The number of nitrogens with two attached hydrogens (primary N) is 1. The first-order valence-electron chi connectivity index (χ1n) is 4.09. The van der Waals surface area contributed by atoms with E-state index in [1.165, 1.54) is 0 Å². The van der Waals surface area contributed by atoms with Gasteiger partial charge in [-0.3, -0.25) is 0 Å². The van der Waals surface area contributed by atoms with Crippen LogP contribution < -0.4 is 5.73 Å². The molecule has 1 aromatic rings. The van der Waals surface area contributed by atoms with Crippen LogP contribution >= 0.6 is 11.6 Å². The van der Waals surface area contributed by atoms with Gasteiger partial charge in [0.05, 0.1) is 0 Å². The summed E-state index contributed by atoms with van der Waals surface area (Å²) in [5, 5.41) is 0.603. The average Bonchev–Trinajstić information content (AvgIpc) is 2.03. The van der Waals surface area contributed by atoms with Crippen LogP contribution in [0.5, 0.6) is 0 Å². The van der Waals surface area contributed by atoms with Gasteiger partial charge in [0.1, 0.15) is 6.17 Å². The van der Waals surface area contributed by atoms with Crippen LogP contribution in [0.1, 0.15) is 25.6 Å². The molecule has 0 fully saturated rings. The lowest BCUT2D eigenvalue weighted by Gasteiger charge is -2.23. The summed E-state index contributed by atoms with van der Waals surface area (Å²) in [6, 6.07) is 6.63. The Morgan fingerprint density at radius 2 is 1.77 bits per heavy atom. The van der Waals surface area contributed by atoms with E-state index < -0.39 is 11.7 Å². The van der Waals surface area contributed by atoms with Crippen LogP contribution in [0.15, 0.2) is 24.3 Å². The second-order valence-electron chi connectivity index (χ2n) is 3.74. The van der Waals surface area contributed by atoms with Gasteiger partial charge < -0.3 is 5.73 Å². The summed E-state index contributed by atoms with van der Waals surface area (Å²) in [4.78, 5) is 0. The molecule has 0 aliphatic carbocycles. The van der Waals surface area contributed by atoms with Crippen molar-refractivity contribution in [1.82, 2.24) is 0 Å². The predicted octanol–water partition coefficient (Wildman–Crippen LogP) is 3.09. The molecule has 0 saturated carbocycles. The molecule has 1 nitrogen and oxygen atoms in total. The number of benzene rings is 1. The van der Waals surface area contributed by atoms with Gasteiger partial charge in [0.2, 0.25) is 0 Å². The van der Waals surface area contributed by atoms with Gasteiger partial charge in [0, 0.05) is 10.6 Å². The third-order valence-corrected chi connectivity index (χ3v) is 2.07. The Hall–Kier alpha value is -0.600. The summed E-state index contributed by atoms with van der Waals surface area (Å²) in [7, 11) is 0. The lowest BCUT2D eigenvalue weighted by Crippen LogP contribution is -2.37. The van der Waals surface area contributed by atoms with Crippen LogP contribution in [0.2, 0.25) is 5.02 Å². The normalized spacial score (nSPS) is 14.2. The molecule has 0 saturated heterocycles. The van der Waals surface area contributed by atoms with Crippen LogP contribution in [0, 0.1) is 0 Å². The van der Waals surface area contributed by atoms with Gasteiger partial charge in [-0.1, -0.05) is 23.7 Å². The van der Waals surface area contributed by atoms with Crippen LogP contribution in [0.3, 0.4) is 0 Å². The standard InChI is InChI=1S/C10H13ClFN/c1-10(2,13)9(12)7-3-5-8(11)6-4-7/h3-6,9H,13H2,1-2H3. The maximum Gasteiger partial charge on any atom is 0.142 e. The minimum absolute atomic E-state index is 0.567. The quantitative estimate of drug-likeness (QED) is 0.782. The van der Waals surface area contributed by atoms with E-state index in [0.29, 0.717) is 10.6 Å². The van der Waals surface area contributed by atoms with Crippen LogP contribution in [-0.2, 0) is 0 Å². The van der Waals surface area contributed by atoms with Gasteiger partial charge in [0.25, 0.3) is 0 Å². The Balaban J connectivity index is 2.90. The van der Waals surface area contributed by atoms with E-state index in [0.717, 1.165) is 0 Å². The highest BCUT2D eigenvalue weighted by atomic mass is 35.5. The Morgan fingerprint density at radius 1 is 1.31 bits per heavy atom. The van der Waals surface area contributed by atoms with Gasteiger partial charge in [-0.25, -0.2) is 4.39 Å². The van der Waals surface area contributed by atoms with Crippen molar-refractivity contribution in [3.8, 4) is 0 Å². The molecule has 0 aliphatic heterocycles. The van der Waals surface area contributed by atoms with E-state index >= 15 is 0 Å². The summed E-state index contributed by atoms with van der Waals surface area (Å²) in [6.07, 6.45) is -1.16. The monoisotopic (exact) mass is 201 g/mol. The molecule has 1 atom stereocenters. The number of rotatable bonds is 2. The van der Waals surface area contributed by atoms with Crippen molar-refractivity contribution in [1.29, 1.82) is 0 Å². The van der Waals surface area contributed by atoms with Gasteiger partial charge in [0.15, 0.2) is 0 Å². The smallest absolute Gasteiger partial charge is 0.142 e. The molecule has 1 unspecified atom stereocenters. The van der Waals surface area contributed by atoms with Gasteiger partial charge in [-0.15, -0.1) is 0 Å². The molecule has 0 spiro atoms. The summed E-state index contributed by atoms with van der Waals surface area (Å²) >= 11 is 5.68. The first-order valence-corrected chi connectivity index (χ1v) is 4.47. The summed E-state index contributed by atoms with van der Waals surface area (Å²) in [5.41, 5.74) is 5.35. The highest BCUT2D eigenvalue weighted by Gasteiger charge is 2.25. The van der Waals surface area contributed by atoms with Crippen molar-refractivity contribution in [3.05, 3.63) is 34.9 Å². The van der Waals surface area contributed by atoms with Crippen molar-refractivity contribution in [3.63, 3.8) is 0 Å². The zero-order valence-electron chi connectivity index (χ0n) is 7.72. The molecular formula is C10H13ClFN. The molecule has 3 heteroatoms.